The minimum atomic E-state index is -0.470. The summed E-state index contributed by atoms with van der Waals surface area (Å²) in [5, 5.41) is 7.36. The Hall–Kier alpha value is -1.98. The maximum absolute atomic E-state index is 13.9. The molecule has 0 radical (unpaired) electrons. The quantitative estimate of drug-likeness (QED) is 0.899. The van der Waals surface area contributed by atoms with E-state index in [-0.39, 0.29) is 5.82 Å². The Kier molecular flexibility index (Phi) is 4.09. The fraction of sp³-hybridized carbons (Fsp3) is 0.462. The number of hydrogen-bond donors (Lipinski definition) is 1. The van der Waals surface area contributed by atoms with Crippen LogP contribution in [0.3, 0.4) is 0 Å². The molecular weight excluding hydrogens is 245 g/mol. The van der Waals surface area contributed by atoms with E-state index in [1.807, 2.05) is 26.8 Å². The van der Waals surface area contributed by atoms with Crippen LogP contribution < -0.4 is 5.32 Å². The van der Waals surface area contributed by atoms with Crippen molar-refractivity contribution in [3.05, 3.63) is 29.5 Å². The summed E-state index contributed by atoms with van der Waals surface area (Å²) in [7, 11) is 0. The Morgan fingerprint density at radius 1 is 1.26 bits per heavy atom. The smallest absolute Gasteiger partial charge is 0.224 e. The van der Waals surface area contributed by atoms with Gasteiger partial charge in [0.1, 0.15) is 0 Å². The lowest BCUT2D eigenvalue weighted by molar-refractivity contribution is 0.588. The van der Waals surface area contributed by atoms with Crippen LogP contribution in [-0.2, 0) is 12.8 Å². The zero-order chi connectivity index (χ0) is 13.8. The van der Waals surface area contributed by atoms with Crippen molar-refractivity contribution in [2.24, 2.45) is 0 Å². The van der Waals surface area contributed by atoms with E-state index in [0.717, 1.165) is 24.2 Å². The summed E-state index contributed by atoms with van der Waals surface area (Å²) in [5.74, 6) is 0.138. The average molecular weight is 263 g/mol. The summed E-state index contributed by atoms with van der Waals surface area (Å²) >= 11 is 0. The summed E-state index contributed by atoms with van der Waals surface area (Å²) in [6, 6.07) is 1.98. The number of aryl methyl sites for hydroxylation is 2. The largest absolute Gasteiger partial charge is 0.354 e. The van der Waals surface area contributed by atoms with Crippen molar-refractivity contribution in [2.45, 2.75) is 33.6 Å². The number of aromatic nitrogens is 4. The van der Waals surface area contributed by atoms with Crippen LogP contribution in [0.1, 0.15) is 32.2 Å². The highest BCUT2D eigenvalue weighted by Crippen LogP contribution is 2.16. The molecule has 0 atom stereocenters. The normalized spacial score (nSPS) is 10.7. The highest BCUT2D eigenvalue weighted by atomic mass is 19.1. The zero-order valence-electron chi connectivity index (χ0n) is 11.4. The Balaban J connectivity index is 2.50. The molecule has 0 fully saturated rings. The summed E-state index contributed by atoms with van der Waals surface area (Å²) in [6.45, 7) is 6.65. The molecule has 0 unspecified atom stereocenters. The van der Waals surface area contributed by atoms with Gasteiger partial charge in [0.05, 0.1) is 11.9 Å². The lowest BCUT2D eigenvalue weighted by atomic mass is 10.2. The van der Waals surface area contributed by atoms with Crippen LogP contribution >= 0.6 is 0 Å². The van der Waals surface area contributed by atoms with Gasteiger partial charge in [0.15, 0.2) is 11.6 Å². The standard InChI is InChI=1S/C13H18FN5/c1-4-9-7-10(5-2)19(18-9)12-11(14)8-16-13(17-12)15-6-3/h7-8H,4-6H2,1-3H3,(H,15,16,17). The highest BCUT2D eigenvalue weighted by molar-refractivity contribution is 5.34. The third-order valence-corrected chi connectivity index (χ3v) is 2.82. The zero-order valence-corrected chi connectivity index (χ0v) is 11.4. The first kappa shape index (κ1) is 13.5. The van der Waals surface area contributed by atoms with Crippen molar-refractivity contribution < 1.29 is 4.39 Å². The van der Waals surface area contributed by atoms with Crippen molar-refractivity contribution in [3.63, 3.8) is 0 Å². The van der Waals surface area contributed by atoms with Crippen LogP contribution in [0.15, 0.2) is 12.3 Å². The minimum Gasteiger partial charge on any atom is -0.354 e. The van der Waals surface area contributed by atoms with Gasteiger partial charge in [-0.25, -0.2) is 14.1 Å². The monoisotopic (exact) mass is 263 g/mol. The van der Waals surface area contributed by atoms with Gasteiger partial charge in [0.2, 0.25) is 5.95 Å². The van der Waals surface area contributed by atoms with E-state index < -0.39 is 5.82 Å². The van der Waals surface area contributed by atoms with Gasteiger partial charge < -0.3 is 5.32 Å². The maximum Gasteiger partial charge on any atom is 0.224 e. The highest BCUT2D eigenvalue weighted by Gasteiger charge is 2.14. The predicted octanol–water partition coefficient (Wildman–Crippen LogP) is 2.36. The lowest BCUT2D eigenvalue weighted by Gasteiger charge is -2.08. The first-order valence-electron chi connectivity index (χ1n) is 6.54. The topological polar surface area (TPSA) is 55.6 Å². The van der Waals surface area contributed by atoms with Crippen LogP contribution in [-0.4, -0.2) is 26.3 Å². The predicted molar refractivity (Wildman–Crippen MR) is 72.0 cm³/mol. The van der Waals surface area contributed by atoms with Gasteiger partial charge in [-0.05, 0) is 25.8 Å². The molecule has 0 aliphatic rings. The summed E-state index contributed by atoms with van der Waals surface area (Å²) in [4.78, 5) is 8.09. The van der Waals surface area contributed by atoms with Crippen LogP contribution in [0, 0.1) is 5.82 Å². The van der Waals surface area contributed by atoms with E-state index in [0.29, 0.717) is 12.5 Å². The molecule has 2 aromatic heterocycles. The molecule has 0 saturated heterocycles. The molecule has 19 heavy (non-hydrogen) atoms. The van der Waals surface area contributed by atoms with Gasteiger partial charge in [-0.2, -0.15) is 10.1 Å². The van der Waals surface area contributed by atoms with Crippen molar-refractivity contribution >= 4 is 5.95 Å². The summed E-state index contributed by atoms with van der Waals surface area (Å²) < 4.78 is 15.5. The van der Waals surface area contributed by atoms with Crippen LogP contribution in [0.5, 0.6) is 0 Å². The van der Waals surface area contributed by atoms with Crippen LogP contribution in [0.2, 0.25) is 0 Å². The Morgan fingerprint density at radius 2 is 2.05 bits per heavy atom. The van der Waals surface area contributed by atoms with Crippen molar-refractivity contribution in [1.82, 2.24) is 19.7 Å². The molecule has 2 rings (SSSR count). The van der Waals surface area contributed by atoms with Crippen molar-refractivity contribution in [1.29, 1.82) is 0 Å². The SMILES string of the molecule is CCNc1ncc(F)c(-n2nc(CC)cc2CC)n1. The van der Waals surface area contributed by atoms with E-state index in [2.05, 4.69) is 20.4 Å². The minimum absolute atomic E-state index is 0.197. The number of anilines is 1. The Morgan fingerprint density at radius 3 is 2.68 bits per heavy atom. The number of rotatable bonds is 5. The molecule has 0 aliphatic carbocycles. The van der Waals surface area contributed by atoms with E-state index in [9.17, 15) is 4.39 Å². The molecule has 0 saturated carbocycles. The van der Waals surface area contributed by atoms with E-state index in [1.165, 1.54) is 6.20 Å². The molecule has 2 aromatic rings. The summed E-state index contributed by atoms with van der Waals surface area (Å²) in [6.07, 6.45) is 2.76. The van der Waals surface area contributed by atoms with Gasteiger partial charge in [-0.15, -0.1) is 0 Å². The number of nitrogens with zero attached hydrogens (tertiary/aromatic N) is 4. The van der Waals surface area contributed by atoms with Crippen molar-refractivity contribution in [3.8, 4) is 5.82 Å². The van der Waals surface area contributed by atoms with E-state index in [1.54, 1.807) is 4.68 Å². The number of halogens is 1. The second-order valence-electron chi connectivity index (χ2n) is 4.14. The first-order chi connectivity index (χ1) is 9.19. The first-order valence-corrected chi connectivity index (χ1v) is 6.54. The fourth-order valence-electron chi connectivity index (χ4n) is 1.83. The van der Waals surface area contributed by atoms with E-state index >= 15 is 0 Å². The Labute approximate surface area is 111 Å². The summed E-state index contributed by atoms with van der Waals surface area (Å²) in [5.41, 5.74) is 1.87. The molecule has 0 bridgehead atoms. The van der Waals surface area contributed by atoms with Gasteiger partial charge in [-0.3, -0.25) is 0 Å². The molecule has 0 aliphatic heterocycles. The molecule has 0 aromatic carbocycles. The molecule has 1 N–H and O–H groups in total. The maximum atomic E-state index is 13.9. The molecule has 6 heteroatoms. The van der Waals surface area contributed by atoms with Crippen molar-refractivity contribution in [2.75, 3.05) is 11.9 Å². The lowest BCUT2D eigenvalue weighted by Crippen LogP contribution is -2.11. The van der Waals surface area contributed by atoms with Gasteiger partial charge in [-0.1, -0.05) is 13.8 Å². The van der Waals surface area contributed by atoms with E-state index in [4.69, 9.17) is 0 Å². The second kappa shape index (κ2) is 5.77. The third kappa shape index (κ3) is 2.72. The van der Waals surface area contributed by atoms with Gasteiger partial charge in [0, 0.05) is 12.2 Å². The molecule has 102 valence electrons. The molecule has 0 amide bonds. The third-order valence-electron chi connectivity index (χ3n) is 2.82. The molecule has 2 heterocycles. The average Bonchev–Trinajstić information content (AvgIpc) is 2.84. The van der Waals surface area contributed by atoms with Crippen LogP contribution in [0.25, 0.3) is 5.82 Å². The Bertz CT molecular complexity index is 564. The van der Waals surface area contributed by atoms with Crippen LogP contribution in [0.4, 0.5) is 10.3 Å². The molecule has 0 spiro atoms. The fourth-order valence-corrected chi connectivity index (χ4v) is 1.83. The van der Waals surface area contributed by atoms with Gasteiger partial charge >= 0.3 is 0 Å². The molecular formula is C13H18FN5. The molecule has 5 nitrogen and oxygen atoms in total. The second-order valence-corrected chi connectivity index (χ2v) is 4.14. The number of nitrogens with one attached hydrogen (secondary N) is 1. The van der Waals surface area contributed by atoms with Gasteiger partial charge in [0.25, 0.3) is 0 Å². The number of hydrogen-bond acceptors (Lipinski definition) is 4.